The Labute approximate surface area is 229 Å². The van der Waals surface area contributed by atoms with Crippen molar-refractivity contribution in [2.75, 3.05) is 5.75 Å². The molecule has 40 heavy (non-hydrogen) atoms. The molecule has 2 saturated carbocycles. The molecule has 0 amide bonds. The minimum Gasteiger partial charge on any atom is -0.382 e. The van der Waals surface area contributed by atoms with Gasteiger partial charge in [0.25, 0.3) is 10.1 Å². The van der Waals surface area contributed by atoms with Crippen molar-refractivity contribution in [1.82, 2.24) is 24.7 Å². The Balaban J connectivity index is 0.000000210. The van der Waals surface area contributed by atoms with E-state index in [4.69, 9.17) is 4.55 Å². The van der Waals surface area contributed by atoms with E-state index in [1.807, 2.05) is 13.8 Å². The Hall–Kier alpha value is -3.23. The number of carbonyl (C=O) groups is 1. The van der Waals surface area contributed by atoms with Crippen LogP contribution < -0.4 is 0 Å². The highest BCUT2D eigenvalue weighted by atomic mass is 32.2. The van der Waals surface area contributed by atoms with Gasteiger partial charge >= 0.3 is 0 Å². The fraction of sp³-hybridized carbons (Fsp3) is 0.500. The van der Waals surface area contributed by atoms with Crippen molar-refractivity contribution < 1.29 is 36.0 Å². The van der Waals surface area contributed by atoms with Crippen molar-refractivity contribution >= 4 is 15.9 Å². The summed E-state index contributed by atoms with van der Waals surface area (Å²) in [6.45, 7) is 5.15. The van der Waals surface area contributed by atoms with Crippen molar-refractivity contribution in [3.05, 3.63) is 72.1 Å². The average Bonchev–Trinajstić information content (AvgIpc) is 3.49. The van der Waals surface area contributed by atoms with E-state index < -0.39 is 50.3 Å². The standard InChI is InChI=1S/C16H14F3N5O.C10H16O4S/c1-10(15-14(19)5-20-7-22-15)16(25,6-24-9-21-8-23-24)12-3-2-11(17)4-13(12)18;1-9(2)7-3-4-10(9,8(11)5-7)6-15(12,13)14/h2-5,7-10,25H,6H2,1H3;7H,3-6H2,1-2H3,(H,12,13,14)/t10-,16+;7-,10+/m01/s1. The van der Waals surface area contributed by atoms with Crippen LogP contribution in [-0.2, 0) is 27.1 Å². The van der Waals surface area contributed by atoms with Crippen LogP contribution in [0.3, 0.4) is 0 Å². The van der Waals surface area contributed by atoms with Crippen LogP contribution in [-0.4, -0.2) is 54.3 Å². The van der Waals surface area contributed by atoms with E-state index in [2.05, 4.69) is 20.1 Å². The van der Waals surface area contributed by atoms with Crippen LogP contribution in [0.1, 0.15) is 57.2 Å². The third-order valence-corrected chi connectivity index (χ3v) is 9.52. The van der Waals surface area contributed by atoms with E-state index in [1.165, 1.54) is 24.3 Å². The molecule has 0 unspecified atom stereocenters. The lowest BCUT2D eigenvalue weighted by Crippen LogP contribution is -2.42. The maximum absolute atomic E-state index is 14.4. The molecule has 2 heterocycles. The summed E-state index contributed by atoms with van der Waals surface area (Å²) in [5.41, 5.74) is -3.37. The second kappa shape index (κ2) is 10.6. The fourth-order valence-corrected chi connectivity index (χ4v) is 7.44. The molecule has 0 aliphatic heterocycles. The summed E-state index contributed by atoms with van der Waals surface area (Å²) in [5.74, 6) is -3.57. The zero-order chi connectivity index (χ0) is 29.5. The smallest absolute Gasteiger partial charge is 0.265 e. The number of aliphatic hydroxyl groups is 1. The largest absolute Gasteiger partial charge is 0.382 e. The third kappa shape index (κ3) is 5.39. The van der Waals surface area contributed by atoms with E-state index in [9.17, 15) is 31.5 Å². The highest BCUT2D eigenvalue weighted by Gasteiger charge is 2.65. The van der Waals surface area contributed by atoms with Gasteiger partial charge in [0.1, 0.15) is 42.0 Å². The SMILES string of the molecule is CC1(C)[C@@H]2CC[C@]1(CS(=O)(=O)O)C(=O)C2.C[C@@H](c1ncncc1F)[C@](O)(Cn1cncn1)c1ccc(F)cc1F. The zero-order valence-electron chi connectivity index (χ0n) is 22.1. The van der Waals surface area contributed by atoms with E-state index in [0.29, 0.717) is 18.9 Å². The first-order valence-electron chi connectivity index (χ1n) is 12.5. The van der Waals surface area contributed by atoms with Gasteiger partial charge in [0.05, 0.1) is 29.6 Å². The second-order valence-electron chi connectivity index (χ2n) is 11.0. The number of halogens is 3. The number of ketones is 1. The number of benzene rings is 1. The second-order valence-corrected chi connectivity index (χ2v) is 12.5. The van der Waals surface area contributed by atoms with E-state index in [1.54, 1.807) is 0 Å². The topological polar surface area (TPSA) is 148 Å². The Morgan fingerprint density at radius 1 is 1.18 bits per heavy atom. The molecule has 2 aliphatic carbocycles. The molecule has 2 fully saturated rings. The maximum Gasteiger partial charge on any atom is 0.265 e. The molecule has 2 aromatic heterocycles. The lowest BCUT2D eigenvalue weighted by Gasteiger charge is -2.35. The van der Waals surface area contributed by atoms with Gasteiger partial charge in [0.2, 0.25) is 0 Å². The number of hydrogen-bond acceptors (Lipinski definition) is 8. The fourth-order valence-electron chi connectivity index (χ4n) is 6.14. The molecule has 2 N–H and O–H groups in total. The number of nitrogens with zero attached hydrogens (tertiary/aromatic N) is 5. The molecule has 4 atom stereocenters. The number of carbonyl (C=O) groups excluding carboxylic acids is 1. The summed E-state index contributed by atoms with van der Waals surface area (Å²) in [6, 6.07) is 2.80. The summed E-state index contributed by atoms with van der Waals surface area (Å²) in [5, 5.41) is 15.2. The van der Waals surface area contributed by atoms with Gasteiger partial charge in [-0.05, 0) is 30.2 Å². The van der Waals surface area contributed by atoms with Gasteiger partial charge in [-0.25, -0.2) is 32.8 Å². The summed E-state index contributed by atoms with van der Waals surface area (Å²) < 4.78 is 74.0. The summed E-state index contributed by atoms with van der Waals surface area (Å²) in [6.07, 6.45) is 6.63. The van der Waals surface area contributed by atoms with E-state index in [-0.39, 0.29) is 34.9 Å². The highest BCUT2D eigenvalue weighted by molar-refractivity contribution is 7.85. The molecule has 2 bridgehead atoms. The normalized spacial score (nSPS) is 23.8. The zero-order valence-corrected chi connectivity index (χ0v) is 22.9. The first-order valence-corrected chi connectivity index (χ1v) is 14.2. The first-order chi connectivity index (χ1) is 18.6. The molecule has 5 rings (SSSR count). The minimum atomic E-state index is -4.08. The number of rotatable bonds is 7. The van der Waals surface area contributed by atoms with Crippen LogP contribution >= 0.6 is 0 Å². The van der Waals surface area contributed by atoms with Gasteiger partial charge in [-0.15, -0.1) is 0 Å². The number of aromatic nitrogens is 5. The van der Waals surface area contributed by atoms with Crippen molar-refractivity contribution in [1.29, 1.82) is 0 Å². The Kier molecular flexibility index (Phi) is 7.91. The summed E-state index contributed by atoms with van der Waals surface area (Å²) in [4.78, 5) is 23.1. The molecule has 216 valence electrons. The van der Waals surface area contributed by atoms with Gasteiger partial charge in [-0.3, -0.25) is 9.35 Å². The van der Waals surface area contributed by atoms with Crippen molar-refractivity contribution in [2.24, 2.45) is 16.7 Å². The van der Waals surface area contributed by atoms with Crippen LogP contribution in [0, 0.1) is 34.2 Å². The van der Waals surface area contributed by atoms with E-state index >= 15 is 0 Å². The quantitative estimate of drug-likeness (QED) is 0.400. The monoisotopic (exact) mass is 581 g/mol. The molecule has 1 aromatic carbocycles. The van der Waals surface area contributed by atoms with Crippen molar-refractivity contribution in [3.63, 3.8) is 0 Å². The lowest BCUT2D eigenvalue weighted by molar-refractivity contribution is -0.128. The molecule has 14 heteroatoms. The van der Waals surface area contributed by atoms with Crippen molar-refractivity contribution in [2.45, 2.75) is 58.1 Å². The number of fused-ring (bicyclic) bond motifs is 2. The van der Waals surface area contributed by atoms with Crippen LogP contribution in [0.5, 0.6) is 0 Å². The number of Topliss-reactive ketones (excluding diaryl/α,β-unsaturated/α-hetero) is 1. The average molecular weight is 582 g/mol. The molecule has 10 nitrogen and oxygen atoms in total. The van der Waals surface area contributed by atoms with Crippen LogP contribution in [0.4, 0.5) is 13.2 Å². The highest BCUT2D eigenvalue weighted by Crippen LogP contribution is 2.64. The molecular weight excluding hydrogens is 551 g/mol. The molecular formula is C26H30F3N5O5S. The molecule has 0 spiro atoms. The summed E-state index contributed by atoms with van der Waals surface area (Å²) in [7, 11) is -4.08. The van der Waals surface area contributed by atoms with Crippen molar-refractivity contribution in [3.8, 4) is 0 Å². The van der Waals surface area contributed by atoms with Gasteiger partial charge < -0.3 is 5.11 Å². The summed E-state index contributed by atoms with van der Waals surface area (Å²) >= 11 is 0. The molecule has 0 radical (unpaired) electrons. The van der Waals surface area contributed by atoms with Gasteiger partial charge in [0.15, 0.2) is 5.82 Å². The van der Waals surface area contributed by atoms with E-state index in [0.717, 1.165) is 31.1 Å². The minimum absolute atomic E-state index is 0.0152. The van der Waals surface area contributed by atoms with Crippen LogP contribution in [0.2, 0.25) is 0 Å². The Bertz CT molecular complexity index is 1500. The third-order valence-electron chi connectivity index (χ3n) is 8.66. The first kappa shape index (κ1) is 29.7. The van der Waals surface area contributed by atoms with Crippen LogP contribution in [0.15, 0.2) is 43.4 Å². The van der Waals surface area contributed by atoms with Gasteiger partial charge in [0, 0.05) is 24.0 Å². The number of hydrogen-bond donors (Lipinski definition) is 2. The Morgan fingerprint density at radius 2 is 1.90 bits per heavy atom. The maximum atomic E-state index is 14.4. The van der Waals surface area contributed by atoms with Crippen LogP contribution in [0.25, 0.3) is 0 Å². The lowest BCUT2D eigenvalue weighted by atomic mass is 9.70. The van der Waals surface area contributed by atoms with Gasteiger partial charge in [-0.1, -0.05) is 26.8 Å². The molecule has 3 aromatic rings. The Morgan fingerprint density at radius 3 is 2.42 bits per heavy atom. The molecule has 2 aliphatic rings. The van der Waals surface area contributed by atoms with Gasteiger partial charge in [-0.2, -0.15) is 13.5 Å². The molecule has 0 saturated heterocycles. The predicted octanol–water partition coefficient (Wildman–Crippen LogP) is 3.45. The predicted molar refractivity (Wildman–Crippen MR) is 136 cm³/mol.